The van der Waals surface area contributed by atoms with E-state index in [9.17, 15) is 8.42 Å². The maximum atomic E-state index is 10.5. The molecule has 0 aromatic carbocycles. The molecule has 0 radical (unpaired) electrons. The molecule has 1 rings (SSSR count). The Morgan fingerprint density at radius 2 is 2.30 bits per heavy atom. The lowest BCUT2D eigenvalue weighted by atomic mass is 10.9. The highest BCUT2D eigenvalue weighted by Gasteiger charge is 2.28. The van der Waals surface area contributed by atoms with Gasteiger partial charge in [-0.2, -0.15) is 8.42 Å². The van der Waals surface area contributed by atoms with Gasteiger partial charge in [0.25, 0.3) is 10.1 Å². The van der Waals surface area contributed by atoms with Gasteiger partial charge >= 0.3 is 0 Å². The van der Waals surface area contributed by atoms with E-state index in [-0.39, 0.29) is 0 Å². The zero-order valence-corrected chi connectivity index (χ0v) is 6.89. The predicted octanol–water partition coefficient (Wildman–Crippen LogP) is 0.308. The Balaban J connectivity index is 2.79. The summed E-state index contributed by atoms with van der Waals surface area (Å²) in [5, 5.41) is 1.62. The fourth-order valence-electron chi connectivity index (χ4n) is 0.645. The largest absolute Gasteiger partial charge is 0.353 e. The van der Waals surface area contributed by atoms with Crippen molar-refractivity contribution in [2.24, 2.45) is 0 Å². The third kappa shape index (κ3) is 1.44. The van der Waals surface area contributed by atoms with Crippen LogP contribution in [0.25, 0.3) is 0 Å². The van der Waals surface area contributed by atoms with E-state index in [1.165, 1.54) is 4.90 Å². The first-order chi connectivity index (χ1) is 4.52. The van der Waals surface area contributed by atoms with Crippen molar-refractivity contribution in [3.63, 3.8) is 0 Å². The molecule has 0 aliphatic carbocycles. The van der Waals surface area contributed by atoms with Crippen molar-refractivity contribution in [2.45, 2.75) is 4.71 Å². The lowest BCUT2D eigenvalue weighted by Crippen LogP contribution is -2.28. The number of hydrogen-bond donors (Lipinski definition) is 1. The second-order valence-corrected chi connectivity index (χ2v) is 4.67. The summed E-state index contributed by atoms with van der Waals surface area (Å²) in [7, 11) is -2.33. The number of rotatable bonds is 1. The van der Waals surface area contributed by atoms with Crippen LogP contribution in [-0.4, -0.2) is 29.6 Å². The van der Waals surface area contributed by atoms with Crippen LogP contribution in [-0.2, 0) is 10.1 Å². The van der Waals surface area contributed by atoms with Gasteiger partial charge in [-0.3, -0.25) is 4.55 Å². The van der Waals surface area contributed by atoms with Crippen molar-refractivity contribution < 1.29 is 13.0 Å². The third-order valence-electron chi connectivity index (χ3n) is 1.08. The average molecular weight is 181 g/mol. The minimum atomic E-state index is -3.93. The van der Waals surface area contributed by atoms with Gasteiger partial charge < -0.3 is 4.90 Å². The van der Waals surface area contributed by atoms with Crippen molar-refractivity contribution in [3.8, 4) is 0 Å². The van der Waals surface area contributed by atoms with Crippen molar-refractivity contribution in [2.75, 3.05) is 7.05 Å². The maximum Gasteiger partial charge on any atom is 0.296 e. The van der Waals surface area contributed by atoms with Crippen molar-refractivity contribution in [1.29, 1.82) is 0 Å². The summed E-state index contributed by atoms with van der Waals surface area (Å²) in [5.41, 5.74) is 0. The molecule has 10 heavy (non-hydrogen) atoms. The zero-order valence-electron chi connectivity index (χ0n) is 5.26. The quantitative estimate of drug-likeness (QED) is 0.590. The molecule has 0 aromatic heterocycles. The monoisotopic (exact) mass is 181 g/mol. The maximum absolute atomic E-state index is 10.5. The Kier molecular flexibility index (Phi) is 1.93. The van der Waals surface area contributed by atoms with Gasteiger partial charge in [0.1, 0.15) is 0 Å². The fourth-order valence-corrected chi connectivity index (χ4v) is 2.55. The van der Waals surface area contributed by atoms with Crippen LogP contribution >= 0.6 is 11.8 Å². The molecule has 0 saturated heterocycles. The summed E-state index contributed by atoms with van der Waals surface area (Å²) in [5.74, 6) is 0. The third-order valence-corrected chi connectivity index (χ3v) is 3.83. The van der Waals surface area contributed by atoms with Crippen LogP contribution in [0.2, 0.25) is 0 Å². The van der Waals surface area contributed by atoms with E-state index in [0.717, 1.165) is 11.8 Å². The van der Waals surface area contributed by atoms with Crippen molar-refractivity contribution in [3.05, 3.63) is 11.6 Å². The topological polar surface area (TPSA) is 57.6 Å². The molecule has 6 heteroatoms. The van der Waals surface area contributed by atoms with Gasteiger partial charge in [-0.1, -0.05) is 11.8 Å². The van der Waals surface area contributed by atoms with Gasteiger partial charge in [0.05, 0.1) is 0 Å². The summed E-state index contributed by atoms with van der Waals surface area (Å²) >= 11 is 1.06. The first-order valence-electron chi connectivity index (χ1n) is 2.52. The van der Waals surface area contributed by atoms with Crippen LogP contribution in [0.4, 0.5) is 0 Å². The lowest BCUT2D eigenvalue weighted by molar-refractivity contribution is 0.428. The highest BCUT2D eigenvalue weighted by atomic mass is 32.3. The Bertz CT molecular complexity index is 245. The van der Waals surface area contributed by atoms with Gasteiger partial charge in [-0.25, -0.2) is 0 Å². The van der Waals surface area contributed by atoms with E-state index in [1.807, 2.05) is 0 Å². The van der Waals surface area contributed by atoms with E-state index in [4.69, 9.17) is 4.55 Å². The molecule has 1 atom stereocenters. The SMILES string of the molecule is CN1C=CSC1S(=O)(=O)O. The molecular formula is C4H7NO3S2. The standard InChI is InChI=1S/C4H7NO3S2/c1-5-2-3-9-4(5)10(6,7)8/h2-4H,1H3,(H,6,7,8). The normalized spacial score (nSPS) is 25.8. The molecule has 1 heterocycles. The van der Waals surface area contributed by atoms with Crippen molar-refractivity contribution >= 4 is 21.9 Å². The molecule has 0 fully saturated rings. The Hall–Kier alpha value is -0.200. The molecule has 4 nitrogen and oxygen atoms in total. The van der Waals surface area contributed by atoms with Crippen LogP contribution in [0.3, 0.4) is 0 Å². The Labute approximate surface area is 63.7 Å². The molecule has 1 N–H and O–H groups in total. The van der Waals surface area contributed by atoms with Gasteiger partial charge in [-0.15, -0.1) is 0 Å². The van der Waals surface area contributed by atoms with Crippen LogP contribution < -0.4 is 0 Å². The average Bonchev–Trinajstić information content (AvgIpc) is 2.11. The lowest BCUT2D eigenvalue weighted by Gasteiger charge is -2.15. The second-order valence-electron chi connectivity index (χ2n) is 1.91. The van der Waals surface area contributed by atoms with Gasteiger partial charge in [-0.05, 0) is 5.41 Å². The van der Waals surface area contributed by atoms with E-state index >= 15 is 0 Å². The van der Waals surface area contributed by atoms with Crippen molar-refractivity contribution in [1.82, 2.24) is 4.90 Å². The van der Waals surface area contributed by atoms with Gasteiger partial charge in [0.15, 0.2) is 0 Å². The smallest absolute Gasteiger partial charge is 0.296 e. The molecule has 58 valence electrons. The molecule has 1 unspecified atom stereocenters. The molecule has 0 amide bonds. The highest BCUT2D eigenvalue weighted by molar-refractivity contribution is 8.13. The van der Waals surface area contributed by atoms with Crippen LogP contribution in [0.15, 0.2) is 11.6 Å². The first kappa shape index (κ1) is 7.90. The summed E-state index contributed by atoms with van der Waals surface area (Å²) in [4.78, 5) is 1.43. The molecule has 1 aliphatic heterocycles. The first-order valence-corrected chi connectivity index (χ1v) is 4.97. The predicted molar refractivity (Wildman–Crippen MR) is 39.8 cm³/mol. The number of nitrogens with zero attached hydrogens (tertiary/aromatic N) is 1. The molecule has 0 spiro atoms. The van der Waals surface area contributed by atoms with Crippen LogP contribution in [0, 0.1) is 0 Å². The zero-order chi connectivity index (χ0) is 7.78. The summed E-state index contributed by atoms with van der Waals surface area (Å²) < 4.78 is 28.7. The highest BCUT2D eigenvalue weighted by Crippen LogP contribution is 2.26. The fraction of sp³-hybridized carbons (Fsp3) is 0.500. The van der Waals surface area contributed by atoms with Gasteiger partial charge in [0, 0.05) is 13.2 Å². The number of thioether (sulfide) groups is 1. The van der Waals surface area contributed by atoms with Gasteiger partial charge in [0.2, 0.25) is 4.71 Å². The molecule has 0 aromatic rings. The molecule has 1 aliphatic rings. The summed E-state index contributed by atoms with van der Waals surface area (Å²) in [6.07, 6.45) is 1.60. The van der Waals surface area contributed by atoms with E-state index in [2.05, 4.69) is 0 Å². The molecular weight excluding hydrogens is 174 g/mol. The summed E-state index contributed by atoms with van der Waals surface area (Å²) in [6, 6.07) is 0. The summed E-state index contributed by atoms with van der Waals surface area (Å²) in [6.45, 7) is 0. The minimum absolute atomic E-state index is 0.854. The Morgan fingerprint density at radius 1 is 1.70 bits per heavy atom. The molecule has 0 bridgehead atoms. The molecule has 0 saturated carbocycles. The second kappa shape index (κ2) is 2.44. The van der Waals surface area contributed by atoms with E-state index in [1.54, 1.807) is 18.7 Å². The van der Waals surface area contributed by atoms with Crippen LogP contribution in [0.1, 0.15) is 0 Å². The van der Waals surface area contributed by atoms with E-state index in [0.29, 0.717) is 0 Å². The Morgan fingerprint density at radius 3 is 2.50 bits per heavy atom. The number of hydrogen-bond acceptors (Lipinski definition) is 4. The van der Waals surface area contributed by atoms with E-state index < -0.39 is 14.8 Å². The minimum Gasteiger partial charge on any atom is -0.353 e. The van der Waals surface area contributed by atoms with Crippen LogP contribution in [0.5, 0.6) is 0 Å².